The summed E-state index contributed by atoms with van der Waals surface area (Å²) in [6, 6.07) is 12.1. The third kappa shape index (κ3) is 4.80. The van der Waals surface area contributed by atoms with E-state index in [1.165, 1.54) is 0 Å². The van der Waals surface area contributed by atoms with Gasteiger partial charge in [0, 0.05) is 49.7 Å². The van der Waals surface area contributed by atoms with Crippen LogP contribution in [0.15, 0.2) is 55.1 Å². The van der Waals surface area contributed by atoms with E-state index in [0.717, 1.165) is 42.9 Å². The van der Waals surface area contributed by atoms with E-state index >= 15 is 0 Å². The third-order valence-electron chi connectivity index (χ3n) is 5.24. The summed E-state index contributed by atoms with van der Waals surface area (Å²) in [5.41, 5.74) is 2.01. The van der Waals surface area contributed by atoms with Gasteiger partial charge in [-0.3, -0.25) is 9.36 Å². The molecule has 0 saturated carbocycles. The summed E-state index contributed by atoms with van der Waals surface area (Å²) in [5, 5.41) is 3.05. The third-order valence-corrected chi connectivity index (χ3v) is 5.24. The number of aromatic nitrogens is 4. The Kier molecular flexibility index (Phi) is 5.84. The highest BCUT2D eigenvalue weighted by Crippen LogP contribution is 2.26. The van der Waals surface area contributed by atoms with Crippen molar-refractivity contribution in [3.63, 3.8) is 0 Å². The summed E-state index contributed by atoms with van der Waals surface area (Å²) in [6.45, 7) is 3.43. The minimum Gasteiger partial charge on any atom is -0.353 e. The van der Waals surface area contributed by atoms with Crippen LogP contribution in [-0.4, -0.2) is 38.0 Å². The molecule has 2 aromatic heterocycles. The van der Waals surface area contributed by atoms with Crippen molar-refractivity contribution < 1.29 is 4.79 Å². The van der Waals surface area contributed by atoms with Gasteiger partial charge < -0.3 is 10.2 Å². The molecule has 0 bridgehead atoms. The number of piperidine rings is 1. The van der Waals surface area contributed by atoms with Crippen molar-refractivity contribution in [1.82, 2.24) is 24.8 Å². The zero-order valence-electron chi connectivity index (χ0n) is 16.7. The van der Waals surface area contributed by atoms with Gasteiger partial charge in [0.05, 0.1) is 0 Å². The number of hydrogen-bond acceptors (Lipinski definition) is 5. The van der Waals surface area contributed by atoms with E-state index in [-0.39, 0.29) is 11.9 Å². The molecular formula is C22H26N6O. The van der Waals surface area contributed by atoms with Crippen molar-refractivity contribution in [1.29, 1.82) is 0 Å². The van der Waals surface area contributed by atoms with E-state index in [4.69, 9.17) is 4.98 Å². The highest BCUT2D eigenvalue weighted by molar-refractivity contribution is 5.77. The zero-order chi connectivity index (χ0) is 20.1. The number of benzene rings is 1. The molecular weight excluding hydrogens is 364 g/mol. The SMILES string of the molecule is Cc1cc(N2CCCCC2CC(=O)NCc2ccccc2)nc(-n2ccnc2)n1. The second-order valence-corrected chi connectivity index (χ2v) is 7.45. The molecule has 0 spiro atoms. The number of imidazole rings is 1. The van der Waals surface area contributed by atoms with E-state index in [0.29, 0.717) is 18.9 Å². The molecule has 1 aromatic carbocycles. The Morgan fingerprint density at radius 1 is 1.21 bits per heavy atom. The fourth-order valence-electron chi connectivity index (χ4n) is 3.77. The van der Waals surface area contributed by atoms with Crippen LogP contribution in [0, 0.1) is 6.92 Å². The van der Waals surface area contributed by atoms with Crippen LogP contribution in [0.1, 0.15) is 36.9 Å². The summed E-state index contributed by atoms with van der Waals surface area (Å²) in [6.07, 6.45) is 8.94. The van der Waals surface area contributed by atoms with Crippen molar-refractivity contribution >= 4 is 11.7 Å². The van der Waals surface area contributed by atoms with Gasteiger partial charge in [-0.15, -0.1) is 0 Å². The molecule has 1 aliphatic heterocycles. The average Bonchev–Trinajstić information content (AvgIpc) is 3.28. The Bertz CT molecular complexity index is 941. The molecule has 3 aromatic rings. The number of carbonyl (C=O) groups is 1. The van der Waals surface area contributed by atoms with Crippen molar-refractivity contribution in [2.75, 3.05) is 11.4 Å². The van der Waals surface area contributed by atoms with E-state index in [1.54, 1.807) is 12.5 Å². The summed E-state index contributed by atoms with van der Waals surface area (Å²) in [4.78, 5) is 28.2. The van der Waals surface area contributed by atoms with Gasteiger partial charge in [0.1, 0.15) is 12.1 Å². The highest BCUT2D eigenvalue weighted by Gasteiger charge is 2.26. The molecule has 0 radical (unpaired) electrons. The highest BCUT2D eigenvalue weighted by atomic mass is 16.1. The monoisotopic (exact) mass is 390 g/mol. The number of nitrogens with zero attached hydrogens (tertiary/aromatic N) is 5. The first-order valence-electron chi connectivity index (χ1n) is 10.1. The fourth-order valence-corrected chi connectivity index (χ4v) is 3.77. The molecule has 1 N–H and O–H groups in total. The summed E-state index contributed by atoms with van der Waals surface area (Å²) in [7, 11) is 0. The van der Waals surface area contributed by atoms with Crippen LogP contribution in [0.25, 0.3) is 5.95 Å². The molecule has 7 heteroatoms. The molecule has 150 valence electrons. The number of aryl methyl sites for hydroxylation is 1. The Labute approximate surface area is 170 Å². The minimum atomic E-state index is 0.0753. The topological polar surface area (TPSA) is 75.9 Å². The van der Waals surface area contributed by atoms with Gasteiger partial charge >= 0.3 is 0 Å². The maximum atomic E-state index is 12.6. The van der Waals surface area contributed by atoms with E-state index in [1.807, 2.05) is 54.1 Å². The van der Waals surface area contributed by atoms with Gasteiger partial charge in [-0.1, -0.05) is 30.3 Å². The molecule has 1 atom stereocenters. The summed E-state index contributed by atoms with van der Waals surface area (Å²) < 4.78 is 1.81. The number of rotatable bonds is 6. The van der Waals surface area contributed by atoms with Crippen LogP contribution in [-0.2, 0) is 11.3 Å². The lowest BCUT2D eigenvalue weighted by molar-refractivity contribution is -0.121. The van der Waals surface area contributed by atoms with Gasteiger partial charge in [0.2, 0.25) is 11.9 Å². The van der Waals surface area contributed by atoms with E-state index in [2.05, 4.69) is 20.2 Å². The van der Waals surface area contributed by atoms with Crippen LogP contribution in [0.4, 0.5) is 5.82 Å². The number of carbonyl (C=O) groups excluding carboxylic acids is 1. The normalized spacial score (nSPS) is 16.6. The Balaban J connectivity index is 1.47. The van der Waals surface area contributed by atoms with Gasteiger partial charge in [-0.05, 0) is 31.7 Å². The number of amides is 1. The molecule has 3 heterocycles. The Morgan fingerprint density at radius 2 is 2.07 bits per heavy atom. The second kappa shape index (κ2) is 8.86. The second-order valence-electron chi connectivity index (χ2n) is 7.45. The van der Waals surface area contributed by atoms with E-state index < -0.39 is 0 Å². The van der Waals surface area contributed by atoms with Crippen LogP contribution in [0.2, 0.25) is 0 Å². The van der Waals surface area contributed by atoms with Gasteiger partial charge in [-0.25, -0.2) is 9.97 Å². The van der Waals surface area contributed by atoms with Crippen LogP contribution in [0.5, 0.6) is 0 Å². The summed E-state index contributed by atoms with van der Waals surface area (Å²) >= 11 is 0. The van der Waals surface area contributed by atoms with Gasteiger partial charge in [0.15, 0.2) is 0 Å². The maximum absolute atomic E-state index is 12.6. The van der Waals surface area contributed by atoms with Crippen molar-refractivity contribution in [3.05, 3.63) is 66.4 Å². The molecule has 1 fully saturated rings. The molecule has 1 aliphatic rings. The zero-order valence-corrected chi connectivity index (χ0v) is 16.7. The summed E-state index contributed by atoms with van der Waals surface area (Å²) in [5.74, 6) is 1.56. The average molecular weight is 390 g/mol. The predicted molar refractivity (Wildman–Crippen MR) is 112 cm³/mol. The lowest BCUT2D eigenvalue weighted by Gasteiger charge is -2.36. The fraction of sp³-hybridized carbons (Fsp3) is 0.364. The lowest BCUT2D eigenvalue weighted by Crippen LogP contribution is -2.43. The van der Waals surface area contributed by atoms with Crippen LogP contribution < -0.4 is 10.2 Å². The number of anilines is 1. The molecule has 1 amide bonds. The quantitative estimate of drug-likeness (QED) is 0.700. The number of hydrogen-bond donors (Lipinski definition) is 1. The molecule has 29 heavy (non-hydrogen) atoms. The first-order chi connectivity index (χ1) is 14.2. The van der Waals surface area contributed by atoms with Crippen molar-refractivity contribution in [3.8, 4) is 5.95 Å². The molecule has 4 rings (SSSR count). The Morgan fingerprint density at radius 3 is 2.86 bits per heavy atom. The van der Waals surface area contributed by atoms with Crippen LogP contribution in [0.3, 0.4) is 0 Å². The standard InChI is InChI=1S/C22H26N6O/c1-17-13-20(26-22(25-17)27-12-10-23-16-27)28-11-6-5-9-19(28)14-21(29)24-15-18-7-3-2-4-8-18/h2-4,7-8,10,12-13,16,19H,5-6,9,11,14-15H2,1H3,(H,24,29). The maximum Gasteiger partial charge on any atom is 0.237 e. The molecule has 1 unspecified atom stereocenters. The number of nitrogens with one attached hydrogen (secondary N) is 1. The Hall–Kier alpha value is -3.22. The van der Waals surface area contributed by atoms with Crippen molar-refractivity contribution in [2.24, 2.45) is 0 Å². The van der Waals surface area contributed by atoms with E-state index in [9.17, 15) is 4.79 Å². The first kappa shape index (κ1) is 19.1. The van der Waals surface area contributed by atoms with Gasteiger partial charge in [-0.2, -0.15) is 4.98 Å². The van der Waals surface area contributed by atoms with Crippen molar-refractivity contribution in [2.45, 2.75) is 45.2 Å². The first-order valence-corrected chi connectivity index (χ1v) is 10.1. The molecule has 0 aliphatic carbocycles. The van der Waals surface area contributed by atoms with Crippen LogP contribution >= 0.6 is 0 Å². The lowest BCUT2D eigenvalue weighted by atomic mass is 9.99. The van der Waals surface area contributed by atoms with Gasteiger partial charge in [0.25, 0.3) is 0 Å². The molecule has 7 nitrogen and oxygen atoms in total. The predicted octanol–water partition coefficient (Wildman–Crippen LogP) is 3.04. The largest absolute Gasteiger partial charge is 0.353 e. The smallest absolute Gasteiger partial charge is 0.237 e. The minimum absolute atomic E-state index is 0.0753. The molecule has 1 saturated heterocycles.